The number of hydrogen-bond donors (Lipinski definition) is 1. The second-order valence-corrected chi connectivity index (χ2v) is 4.99. The van der Waals surface area contributed by atoms with Crippen molar-refractivity contribution in [3.05, 3.63) is 34.9 Å². The van der Waals surface area contributed by atoms with Crippen LogP contribution < -0.4 is 5.32 Å². The third-order valence-electron chi connectivity index (χ3n) is 2.91. The van der Waals surface area contributed by atoms with Crippen molar-refractivity contribution in [3.8, 4) is 0 Å². The molecule has 0 heterocycles. The van der Waals surface area contributed by atoms with Crippen molar-refractivity contribution in [1.29, 1.82) is 0 Å². The summed E-state index contributed by atoms with van der Waals surface area (Å²) in [7, 11) is 1.72. The molecule has 0 radical (unpaired) electrons. The van der Waals surface area contributed by atoms with E-state index in [4.69, 9.17) is 21.1 Å². The van der Waals surface area contributed by atoms with Crippen LogP contribution >= 0.6 is 11.6 Å². The van der Waals surface area contributed by atoms with Crippen LogP contribution in [0.2, 0.25) is 5.02 Å². The zero-order chi connectivity index (χ0) is 13.9. The quantitative estimate of drug-likeness (QED) is 0.671. The minimum Gasteiger partial charge on any atom is -0.383 e. The molecule has 0 saturated carbocycles. The summed E-state index contributed by atoms with van der Waals surface area (Å²) in [5.74, 6) is 0.470. The van der Waals surface area contributed by atoms with Crippen molar-refractivity contribution in [2.45, 2.75) is 13.3 Å². The summed E-state index contributed by atoms with van der Waals surface area (Å²) in [5, 5.41) is 4.18. The van der Waals surface area contributed by atoms with Crippen LogP contribution in [0.5, 0.6) is 0 Å². The van der Waals surface area contributed by atoms with E-state index in [1.54, 1.807) is 7.11 Å². The summed E-state index contributed by atoms with van der Waals surface area (Å²) in [5.41, 5.74) is 1.29. The van der Waals surface area contributed by atoms with Gasteiger partial charge in [0.2, 0.25) is 0 Å². The van der Waals surface area contributed by atoms with Gasteiger partial charge in [-0.2, -0.15) is 0 Å². The van der Waals surface area contributed by atoms with Gasteiger partial charge in [-0.05, 0) is 37.0 Å². The van der Waals surface area contributed by atoms with E-state index in [2.05, 4.69) is 17.4 Å². The molecular weight excluding hydrogens is 262 g/mol. The number of rotatable bonds is 10. The lowest BCUT2D eigenvalue weighted by Gasteiger charge is -2.17. The van der Waals surface area contributed by atoms with Crippen molar-refractivity contribution in [1.82, 2.24) is 5.32 Å². The Morgan fingerprint density at radius 1 is 1.26 bits per heavy atom. The van der Waals surface area contributed by atoms with Crippen molar-refractivity contribution >= 4 is 11.6 Å². The zero-order valence-corrected chi connectivity index (χ0v) is 12.6. The van der Waals surface area contributed by atoms with E-state index in [9.17, 15) is 0 Å². The molecule has 3 nitrogen and oxygen atoms in total. The SMILES string of the molecule is CCOCC(CNCCOC)Cc1ccc(Cl)cc1. The third kappa shape index (κ3) is 7.53. The van der Waals surface area contributed by atoms with Crippen LogP contribution in [-0.4, -0.2) is 40.0 Å². The van der Waals surface area contributed by atoms with E-state index in [1.807, 2.05) is 19.1 Å². The van der Waals surface area contributed by atoms with Gasteiger partial charge in [-0.3, -0.25) is 0 Å². The maximum absolute atomic E-state index is 5.90. The molecule has 1 unspecified atom stereocenters. The molecular formula is C15H24ClNO2. The van der Waals surface area contributed by atoms with Gasteiger partial charge in [0, 0.05) is 31.8 Å². The van der Waals surface area contributed by atoms with Crippen molar-refractivity contribution < 1.29 is 9.47 Å². The predicted octanol–water partition coefficient (Wildman–Crippen LogP) is 2.77. The van der Waals surface area contributed by atoms with Gasteiger partial charge >= 0.3 is 0 Å². The molecule has 1 atom stereocenters. The standard InChI is InChI=1S/C15H24ClNO2/c1-3-19-12-14(11-17-8-9-18-2)10-13-4-6-15(16)7-5-13/h4-7,14,17H,3,8-12H2,1-2H3. The zero-order valence-electron chi connectivity index (χ0n) is 11.8. The first-order chi connectivity index (χ1) is 9.26. The van der Waals surface area contributed by atoms with E-state index >= 15 is 0 Å². The first-order valence-corrected chi connectivity index (χ1v) is 7.16. The molecule has 19 heavy (non-hydrogen) atoms. The highest BCUT2D eigenvalue weighted by atomic mass is 35.5. The Hall–Kier alpha value is -0.610. The average molecular weight is 286 g/mol. The lowest BCUT2D eigenvalue weighted by Crippen LogP contribution is -2.30. The van der Waals surface area contributed by atoms with Crippen LogP contribution in [0.1, 0.15) is 12.5 Å². The van der Waals surface area contributed by atoms with Gasteiger partial charge in [0.15, 0.2) is 0 Å². The van der Waals surface area contributed by atoms with E-state index in [-0.39, 0.29) is 0 Å². The van der Waals surface area contributed by atoms with Crippen LogP contribution in [0, 0.1) is 5.92 Å². The van der Waals surface area contributed by atoms with Crippen molar-refractivity contribution in [2.75, 3.05) is 40.0 Å². The molecule has 0 aromatic heterocycles. The van der Waals surface area contributed by atoms with E-state index in [1.165, 1.54) is 5.56 Å². The first kappa shape index (κ1) is 16.4. The molecule has 0 saturated heterocycles. The molecule has 108 valence electrons. The van der Waals surface area contributed by atoms with Crippen LogP contribution in [0.3, 0.4) is 0 Å². The normalized spacial score (nSPS) is 12.6. The molecule has 0 bridgehead atoms. The largest absolute Gasteiger partial charge is 0.383 e. The summed E-state index contributed by atoms with van der Waals surface area (Å²) in [6.45, 7) is 6.11. The Bertz CT molecular complexity index is 329. The third-order valence-corrected chi connectivity index (χ3v) is 3.16. The van der Waals surface area contributed by atoms with Gasteiger partial charge in [-0.25, -0.2) is 0 Å². The molecule has 0 aliphatic rings. The highest BCUT2D eigenvalue weighted by Gasteiger charge is 2.09. The number of nitrogens with one attached hydrogen (secondary N) is 1. The maximum atomic E-state index is 5.90. The molecule has 1 aromatic carbocycles. The van der Waals surface area contributed by atoms with Crippen molar-refractivity contribution in [3.63, 3.8) is 0 Å². The highest BCUT2D eigenvalue weighted by Crippen LogP contribution is 2.13. The van der Waals surface area contributed by atoms with E-state index < -0.39 is 0 Å². The minimum absolute atomic E-state index is 0.470. The number of methoxy groups -OCH3 is 1. The van der Waals surface area contributed by atoms with Crippen LogP contribution in [0.25, 0.3) is 0 Å². The Labute approximate surface area is 121 Å². The Morgan fingerprint density at radius 2 is 2.00 bits per heavy atom. The van der Waals surface area contributed by atoms with Crippen molar-refractivity contribution in [2.24, 2.45) is 5.92 Å². The summed E-state index contributed by atoms with van der Waals surface area (Å²) < 4.78 is 10.6. The second kappa shape index (κ2) is 10.2. The molecule has 0 aliphatic carbocycles. The molecule has 0 aliphatic heterocycles. The second-order valence-electron chi connectivity index (χ2n) is 4.55. The number of hydrogen-bond acceptors (Lipinski definition) is 3. The van der Waals surface area contributed by atoms with Gasteiger partial charge in [0.1, 0.15) is 0 Å². The topological polar surface area (TPSA) is 30.5 Å². The molecule has 1 aromatic rings. The van der Waals surface area contributed by atoms with Crippen LogP contribution in [0.4, 0.5) is 0 Å². The minimum atomic E-state index is 0.470. The molecule has 0 spiro atoms. The Kier molecular flexibility index (Phi) is 8.84. The molecule has 0 fully saturated rings. The first-order valence-electron chi connectivity index (χ1n) is 6.78. The molecule has 0 amide bonds. The maximum Gasteiger partial charge on any atom is 0.0587 e. The highest BCUT2D eigenvalue weighted by molar-refractivity contribution is 6.30. The Balaban J connectivity index is 2.41. The number of ether oxygens (including phenoxy) is 2. The summed E-state index contributed by atoms with van der Waals surface area (Å²) in [4.78, 5) is 0. The fourth-order valence-electron chi connectivity index (χ4n) is 1.91. The van der Waals surface area contributed by atoms with E-state index in [0.717, 1.165) is 44.4 Å². The smallest absolute Gasteiger partial charge is 0.0587 e. The lowest BCUT2D eigenvalue weighted by molar-refractivity contribution is 0.108. The van der Waals surface area contributed by atoms with Crippen LogP contribution in [-0.2, 0) is 15.9 Å². The summed E-state index contributed by atoms with van der Waals surface area (Å²) in [6.07, 6.45) is 0.997. The van der Waals surface area contributed by atoms with E-state index in [0.29, 0.717) is 5.92 Å². The fourth-order valence-corrected chi connectivity index (χ4v) is 2.03. The van der Waals surface area contributed by atoms with Gasteiger partial charge in [0.05, 0.1) is 13.2 Å². The van der Waals surface area contributed by atoms with Gasteiger partial charge in [0.25, 0.3) is 0 Å². The number of halogens is 1. The van der Waals surface area contributed by atoms with Gasteiger partial charge in [-0.15, -0.1) is 0 Å². The van der Waals surface area contributed by atoms with Crippen LogP contribution in [0.15, 0.2) is 24.3 Å². The van der Waals surface area contributed by atoms with Gasteiger partial charge < -0.3 is 14.8 Å². The average Bonchev–Trinajstić information content (AvgIpc) is 2.43. The fraction of sp³-hybridized carbons (Fsp3) is 0.600. The molecule has 4 heteroatoms. The number of benzene rings is 1. The summed E-state index contributed by atoms with van der Waals surface area (Å²) in [6, 6.07) is 8.03. The predicted molar refractivity (Wildman–Crippen MR) is 79.9 cm³/mol. The summed E-state index contributed by atoms with van der Waals surface area (Å²) >= 11 is 5.90. The monoisotopic (exact) mass is 285 g/mol. The molecule has 1 N–H and O–H groups in total. The Morgan fingerprint density at radius 3 is 2.63 bits per heavy atom. The van der Waals surface area contributed by atoms with Gasteiger partial charge in [-0.1, -0.05) is 23.7 Å². The molecule has 1 rings (SSSR count). The lowest BCUT2D eigenvalue weighted by atomic mass is 10.00.